The lowest BCUT2D eigenvalue weighted by atomic mass is 9.95. The molecule has 0 bridgehead atoms. The fraction of sp³-hybridized carbons (Fsp3) is 0.130. The van der Waals surface area contributed by atoms with Crippen molar-refractivity contribution in [2.45, 2.75) is 19.1 Å². The molecule has 0 amide bonds. The van der Waals surface area contributed by atoms with Crippen molar-refractivity contribution in [3.8, 4) is 5.75 Å². The molecule has 8 heteroatoms. The van der Waals surface area contributed by atoms with Crippen LogP contribution in [0.1, 0.15) is 28.3 Å². The van der Waals surface area contributed by atoms with E-state index in [4.69, 9.17) is 11.6 Å². The van der Waals surface area contributed by atoms with Crippen molar-refractivity contribution in [2.75, 3.05) is 5.32 Å². The van der Waals surface area contributed by atoms with Crippen LogP contribution in [-0.2, 0) is 6.18 Å². The van der Waals surface area contributed by atoms with E-state index in [1.165, 1.54) is 18.3 Å². The zero-order valence-corrected chi connectivity index (χ0v) is 17.0. The van der Waals surface area contributed by atoms with E-state index < -0.39 is 17.8 Å². The summed E-state index contributed by atoms with van der Waals surface area (Å²) < 4.78 is 39.1. The lowest BCUT2D eigenvalue weighted by Gasteiger charge is -2.22. The molecule has 0 aliphatic carbocycles. The Labute approximate surface area is 181 Å². The zero-order chi connectivity index (χ0) is 22.2. The standard InChI is InChI=1S/C23H17ClF3N3O/c1-13-11-19(29-12-18(13)24)30-20(15-4-7-16(8-5-15)23(25,26)27)17-9-6-14-3-2-10-28-21(14)22(17)31/h2-12,20,31H,1H3,(H,29,30). The number of aromatic nitrogens is 2. The first-order chi connectivity index (χ1) is 14.7. The van der Waals surface area contributed by atoms with Gasteiger partial charge in [0.25, 0.3) is 0 Å². The van der Waals surface area contributed by atoms with E-state index in [0.29, 0.717) is 27.5 Å². The van der Waals surface area contributed by atoms with Crippen LogP contribution < -0.4 is 5.32 Å². The van der Waals surface area contributed by atoms with E-state index in [9.17, 15) is 18.3 Å². The summed E-state index contributed by atoms with van der Waals surface area (Å²) in [6, 6.07) is 12.9. The van der Waals surface area contributed by atoms with Gasteiger partial charge < -0.3 is 10.4 Å². The van der Waals surface area contributed by atoms with Crippen molar-refractivity contribution in [3.63, 3.8) is 0 Å². The van der Waals surface area contributed by atoms with Crippen molar-refractivity contribution in [1.82, 2.24) is 9.97 Å². The van der Waals surface area contributed by atoms with Gasteiger partial charge in [-0.15, -0.1) is 0 Å². The number of hydrogen-bond acceptors (Lipinski definition) is 4. The second-order valence-corrected chi connectivity index (χ2v) is 7.50. The summed E-state index contributed by atoms with van der Waals surface area (Å²) in [6.45, 7) is 1.82. The predicted molar refractivity (Wildman–Crippen MR) is 114 cm³/mol. The van der Waals surface area contributed by atoms with Gasteiger partial charge >= 0.3 is 6.18 Å². The second kappa shape index (κ2) is 8.07. The Kier molecular flexibility index (Phi) is 5.45. The monoisotopic (exact) mass is 443 g/mol. The highest BCUT2D eigenvalue weighted by Gasteiger charge is 2.30. The van der Waals surface area contributed by atoms with Gasteiger partial charge in [-0.3, -0.25) is 4.98 Å². The van der Waals surface area contributed by atoms with Gasteiger partial charge in [0.15, 0.2) is 0 Å². The average molecular weight is 444 g/mol. The van der Waals surface area contributed by atoms with Crippen molar-refractivity contribution < 1.29 is 18.3 Å². The van der Waals surface area contributed by atoms with Crippen LogP contribution in [-0.4, -0.2) is 15.1 Å². The normalized spacial score (nSPS) is 12.7. The van der Waals surface area contributed by atoms with Crippen LogP contribution >= 0.6 is 11.6 Å². The van der Waals surface area contributed by atoms with Crippen molar-refractivity contribution in [3.05, 3.63) is 94.3 Å². The van der Waals surface area contributed by atoms with Crippen LogP contribution in [0, 0.1) is 6.92 Å². The van der Waals surface area contributed by atoms with Crippen LogP contribution in [0.3, 0.4) is 0 Å². The number of phenols is 1. The molecule has 2 heterocycles. The number of halogens is 4. The molecule has 0 saturated carbocycles. The molecule has 158 valence electrons. The molecular weight excluding hydrogens is 427 g/mol. The molecule has 1 atom stereocenters. The summed E-state index contributed by atoms with van der Waals surface area (Å²) in [7, 11) is 0. The number of fused-ring (bicyclic) bond motifs is 1. The second-order valence-electron chi connectivity index (χ2n) is 7.09. The number of alkyl halides is 3. The van der Waals surface area contributed by atoms with Crippen LogP contribution in [0.15, 0.2) is 67.0 Å². The molecular formula is C23H17ClF3N3O. The van der Waals surface area contributed by atoms with Gasteiger partial charge in [0.05, 0.1) is 16.6 Å². The maximum absolute atomic E-state index is 13.0. The molecule has 0 aliphatic heterocycles. The fourth-order valence-corrected chi connectivity index (χ4v) is 3.45. The van der Waals surface area contributed by atoms with Crippen molar-refractivity contribution in [1.29, 1.82) is 0 Å². The van der Waals surface area contributed by atoms with Crippen molar-refractivity contribution in [2.24, 2.45) is 0 Å². The molecule has 2 aromatic heterocycles. The summed E-state index contributed by atoms with van der Waals surface area (Å²) in [5.74, 6) is 0.411. The first kappa shape index (κ1) is 20.9. The molecule has 4 rings (SSSR count). The Morgan fingerprint density at radius 2 is 1.77 bits per heavy atom. The van der Waals surface area contributed by atoms with Gasteiger partial charge in [-0.2, -0.15) is 13.2 Å². The first-order valence-electron chi connectivity index (χ1n) is 9.36. The number of benzene rings is 2. The number of anilines is 1. The van der Waals surface area contributed by atoms with Gasteiger partial charge in [0.2, 0.25) is 0 Å². The Morgan fingerprint density at radius 1 is 1.03 bits per heavy atom. The topological polar surface area (TPSA) is 58.0 Å². The van der Waals surface area contributed by atoms with Gasteiger partial charge in [0, 0.05) is 23.3 Å². The van der Waals surface area contributed by atoms with Gasteiger partial charge in [-0.1, -0.05) is 41.9 Å². The Bertz CT molecular complexity index is 1240. The summed E-state index contributed by atoms with van der Waals surface area (Å²) >= 11 is 6.06. The third-order valence-electron chi connectivity index (χ3n) is 5.00. The number of aryl methyl sites for hydroxylation is 1. The molecule has 0 fully saturated rings. The minimum Gasteiger partial charge on any atom is -0.505 e. The van der Waals surface area contributed by atoms with Gasteiger partial charge in [0.1, 0.15) is 17.1 Å². The third kappa shape index (κ3) is 4.27. The van der Waals surface area contributed by atoms with E-state index in [2.05, 4.69) is 15.3 Å². The van der Waals surface area contributed by atoms with Gasteiger partial charge in [-0.05, 0) is 42.3 Å². The molecule has 4 aromatic rings. The molecule has 0 radical (unpaired) electrons. The number of nitrogens with zero attached hydrogens (tertiary/aromatic N) is 2. The summed E-state index contributed by atoms with van der Waals surface area (Å²) in [5, 5.41) is 15.4. The zero-order valence-electron chi connectivity index (χ0n) is 16.3. The highest BCUT2D eigenvalue weighted by molar-refractivity contribution is 6.31. The molecule has 0 spiro atoms. The molecule has 0 saturated heterocycles. The number of pyridine rings is 2. The number of hydrogen-bond donors (Lipinski definition) is 2. The summed E-state index contributed by atoms with van der Waals surface area (Å²) in [4.78, 5) is 8.50. The van der Waals surface area contributed by atoms with E-state index >= 15 is 0 Å². The molecule has 4 nitrogen and oxygen atoms in total. The smallest absolute Gasteiger partial charge is 0.416 e. The maximum Gasteiger partial charge on any atom is 0.416 e. The lowest BCUT2D eigenvalue weighted by molar-refractivity contribution is -0.137. The van der Waals surface area contributed by atoms with Crippen LogP contribution in [0.4, 0.5) is 19.0 Å². The predicted octanol–water partition coefficient (Wildman–Crippen LogP) is 6.52. The quantitative estimate of drug-likeness (QED) is 0.377. The maximum atomic E-state index is 13.0. The Hall–Kier alpha value is -3.32. The van der Waals surface area contributed by atoms with Crippen LogP contribution in [0.5, 0.6) is 5.75 Å². The molecule has 1 unspecified atom stereocenters. The average Bonchev–Trinajstić information content (AvgIpc) is 2.75. The van der Waals surface area contributed by atoms with E-state index in [-0.39, 0.29) is 5.75 Å². The molecule has 2 aromatic carbocycles. The van der Waals surface area contributed by atoms with E-state index in [1.807, 2.05) is 13.0 Å². The summed E-state index contributed by atoms with van der Waals surface area (Å²) in [6.07, 6.45) is -1.38. The number of phenolic OH excluding ortho intramolecular Hbond substituents is 1. The number of aromatic hydroxyl groups is 1. The van der Waals surface area contributed by atoms with Gasteiger partial charge in [-0.25, -0.2) is 4.98 Å². The minimum atomic E-state index is -4.44. The SMILES string of the molecule is Cc1cc(NC(c2ccc(C(F)(F)F)cc2)c2ccc3cccnc3c2O)ncc1Cl. The summed E-state index contributed by atoms with van der Waals surface area (Å²) in [5.41, 5.74) is 1.42. The first-order valence-corrected chi connectivity index (χ1v) is 9.74. The minimum absolute atomic E-state index is 0.0545. The fourth-order valence-electron chi connectivity index (χ4n) is 3.35. The number of nitrogens with one attached hydrogen (secondary N) is 1. The molecule has 0 aliphatic rings. The van der Waals surface area contributed by atoms with Crippen LogP contribution in [0.25, 0.3) is 10.9 Å². The molecule has 2 N–H and O–H groups in total. The third-order valence-corrected chi connectivity index (χ3v) is 5.40. The lowest BCUT2D eigenvalue weighted by Crippen LogP contribution is -2.14. The van der Waals surface area contributed by atoms with E-state index in [1.54, 1.807) is 30.5 Å². The largest absolute Gasteiger partial charge is 0.505 e. The highest BCUT2D eigenvalue weighted by Crippen LogP contribution is 2.37. The van der Waals surface area contributed by atoms with Crippen molar-refractivity contribution >= 4 is 28.3 Å². The van der Waals surface area contributed by atoms with Crippen LogP contribution in [0.2, 0.25) is 5.02 Å². The number of rotatable bonds is 4. The molecule has 31 heavy (non-hydrogen) atoms. The van der Waals surface area contributed by atoms with E-state index in [0.717, 1.165) is 23.1 Å². The highest BCUT2D eigenvalue weighted by atomic mass is 35.5. The Morgan fingerprint density at radius 3 is 2.45 bits per heavy atom. The Balaban J connectivity index is 1.83.